The molecule has 0 unspecified atom stereocenters. The van der Waals surface area contributed by atoms with Crippen LogP contribution < -0.4 is 26.9 Å². The number of aryl methyl sites for hydroxylation is 1. The fourth-order valence-electron chi connectivity index (χ4n) is 2.02. The molecule has 8 heteroatoms. The number of ether oxygens (including phenoxy) is 1. The molecule has 2 aromatic carbocycles. The van der Waals surface area contributed by atoms with Gasteiger partial charge in [0.2, 0.25) is 0 Å². The number of hydrazine groups is 2. The summed E-state index contributed by atoms with van der Waals surface area (Å²) >= 11 is 3.26. The zero-order chi connectivity index (χ0) is 17.0. The van der Waals surface area contributed by atoms with Gasteiger partial charge >= 0.3 is 6.03 Å². The number of hydrogen-bond donors (Lipinski definition) is 3. The monoisotopic (exact) mass is 382 g/mol. The Bertz CT molecular complexity index is 727. The molecule has 0 heterocycles. The lowest BCUT2D eigenvalue weighted by Gasteiger charge is -2.21. The van der Waals surface area contributed by atoms with Gasteiger partial charge in [-0.1, -0.05) is 28.1 Å². The maximum Gasteiger partial charge on any atom is 0.350 e. The molecule has 0 aliphatic carbocycles. The Morgan fingerprint density at radius 3 is 2.83 bits per heavy atom. The van der Waals surface area contributed by atoms with Gasteiger partial charge in [0.15, 0.2) is 11.6 Å². The van der Waals surface area contributed by atoms with E-state index in [2.05, 4.69) is 15.9 Å². The highest BCUT2D eigenvalue weighted by molar-refractivity contribution is 9.10. The Hall–Kier alpha value is -2.16. The maximum atomic E-state index is 13.8. The zero-order valence-electron chi connectivity index (χ0n) is 12.3. The van der Waals surface area contributed by atoms with E-state index < -0.39 is 11.8 Å². The van der Waals surface area contributed by atoms with Gasteiger partial charge in [0.1, 0.15) is 6.61 Å². The molecule has 0 aromatic heterocycles. The number of hydrogen-bond acceptors (Lipinski definition) is 4. The predicted octanol–water partition coefficient (Wildman–Crippen LogP) is 2.74. The number of nitrogens with two attached hydrogens (primary N) is 2. The maximum absolute atomic E-state index is 13.8. The van der Waals surface area contributed by atoms with Crippen molar-refractivity contribution in [1.82, 2.24) is 5.43 Å². The van der Waals surface area contributed by atoms with Crippen molar-refractivity contribution in [3.05, 3.63) is 57.8 Å². The fraction of sp³-hybridized carbons (Fsp3) is 0.133. The molecule has 0 saturated heterocycles. The highest BCUT2D eigenvalue weighted by Gasteiger charge is 2.16. The first kappa shape index (κ1) is 17.2. The van der Waals surface area contributed by atoms with Crippen molar-refractivity contribution in [3.63, 3.8) is 0 Å². The summed E-state index contributed by atoms with van der Waals surface area (Å²) in [5, 5.41) is 0.878. The van der Waals surface area contributed by atoms with Gasteiger partial charge < -0.3 is 4.74 Å². The third-order valence-corrected chi connectivity index (χ3v) is 3.75. The van der Waals surface area contributed by atoms with Crippen LogP contribution in [0.25, 0.3) is 0 Å². The summed E-state index contributed by atoms with van der Waals surface area (Å²) in [6.07, 6.45) is 0. The Morgan fingerprint density at radius 2 is 2.13 bits per heavy atom. The van der Waals surface area contributed by atoms with Crippen LogP contribution in [0.2, 0.25) is 0 Å². The van der Waals surface area contributed by atoms with Gasteiger partial charge in [-0.05, 0) is 36.8 Å². The zero-order valence-corrected chi connectivity index (χ0v) is 13.9. The third kappa shape index (κ3) is 3.98. The Kier molecular flexibility index (Phi) is 5.54. The smallest absolute Gasteiger partial charge is 0.350 e. The standard InChI is InChI=1S/C15H16BrFN4O2/c1-9-3-2-4-13(21(19)15(22)20-18)11(9)8-23-14-7-10(16)5-6-12(14)17/h2-7H,8,18-19H2,1H3,(H,20,22). The van der Waals surface area contributed by atoms with Crippen molar-refractivity contribution in [1.29, 1.82) is 0 Å². The largest absolute Gasteiger partial charge is 0.486 e. The van der Waals surface area contributed by atoms with E-state index in [4.69, 9.17) is 16.4 Å². The lowest BCUT2D eigenvalue weighted by atomic mass is 10.1. The first-order valence-corrected chi connectivity index (χ1v) is 7.45. The average Bonchev–Trinajstić information content (AvgIpc) is 2.55. The number of halogens is 2. The minimum Gasteiger partial charge on any atom is -0.486 e. The lowest BCUT2D eigenvalue weighted by molar-refractivity contribution is 0.246. The molecule has 2 aromatic rings. The Balaban J connectivity index is 2.29. The second kappa shape index (κ2) is 7.40. The number of anilines is 1. The number of carbonyl (C=O) groups is 1. The topological polar surface area (TPSA) is 93.6 Å². The molecule has 0 spiro atoms. The van der Waals surface area contributed by atoms with Crippen LogP contribution in [-0.4, -0.2) is 6.03 Å². The van der Waals surface area contributed by atoms with Crippen molar-refractivity contribution in [2.24, 2.45) is 11.7 Å². The molecule has 0 bridgehead atoms. The predicted molar refractivity (Wildman–Crippen MR) is 89.0 cm³/mol. The highest BCUT2D eigenvalue weighted by atomic mass is 79.9. The summed E-state index contributed by atoms with van der Waals surface area (Å²) in [6, 6.07) is 8.97. The van der Waals surface area contributed by atoms with Gasteiger partial charge in [-0.15, -0.1) is 0 Å². The number of amides is 2. The SMILES string of the molecule is Cc1cccc(N(N)C(=O)NN)c1COc1cc(Br)ccc1F. The lowest BCUT2D eigenvalue weighted by Crippen LogP contribution is -2.48. The van der Waals surface area contributed by atoms with Crippen LogP contribution in [0, 0.1) is 12.7 Å². The van der Waals surface area contributed by atoms with Crippen LogP contribution in [0.4, 0.5) is 14.9 Å². The van der Waals surface area contributed by atoms with E-state index >= 15 is 0 Å². The number of urea groups is 1. The molecule has 0 radical (unpaired) electrons. The molecule has 23 heavy (non-hydrogen) atoms. The van der Waals surface area contributed by atoms with E-state index in [1.54, 1.807) is 18.2 Å². The third-order valence-electron chi connectivity index (χ3n) is 3.25. The van der Waals surface area contributed by atoms with Crippen LogP contribution >= 0.6 is 15.9 Å². The van der Waals surface area contributed by atoms with Gasteiger partial charge in [0.25, 0.3) is 0 Å². The highest BCUT2D eigenvalue weighted by Crippen LogP contribution is 2.27. The first-order valence-electron chi connectivity index (χ1n) is 6.65. The van der Waals surface area contributed by atoms with Crippen LogP contribution in [0.1, 0.15) is 11.1 Å². The molecular weight excluding hydrogens is 367 g/mol. The average molecular weight is 383 g/mol. The van der Waals surface area contributed by atoms with Crippen molar-refractivity contribution in [2.75, 3.05) is 5.01 Å². The van der Waals surface area contributed by atoms with E-state index in [-0.39, 0.29) is 12.4 Å². The van der Waals surface area contributed by atoms with Gasteiger partial charge in [-0.3, -0.25) is 5.43 Å². The van der Waals surface area contributed by atoms with E-state index in [0.29, 0.717) is 15.7 Å². The molecule has 2 amide bonds. The molecule has 0 aliphatic heterocycles. The Labute approximate surface area is 141 Å². The molecule has 0 fully saturated rings. The molecule has 0 atom stereocenters. The minimum absolute atomic E-state index is 0.0426. The van der Waals surface area contributed by atoms with Crippen molar-refractivity contribution in [2.45, 2.75) is 13.5 Å². The number of rotatable bonds is 4. The molecule has 6 nitrogen and oxygen atoms in total. The fourth-order valence-corrected chi connectivity index (χ4v) is 2.36. The summed E-state index contributed by atoms with van der Waals surface area (Å²) < 4.78 is 20.0. The van der Waals surface area contributed by atoms with Crippen LogP contribution in [-0.2, 0) is 6.61 Å². The van der Waals surface area contributed by atoms with E-state index in [9.17, 15) is 9.18 Å². The second-order valence-corrected chi connectivity index (χ2v) is 5.67. The van der Waals surface area contributed by atoms with Crippen molar-refractivity contribution < 1.29 is 13.9 Å². The molecule has 5 N–H and O–H groups in total. The summed E-state index contributed by atoms with van der Waals surface area (Å²) in [6.45, 7) is 1.88. The van der Waals surface area contributed by atoms with Crippen molar-refractivity contribution >= 4 is 27.6 Å². The summed E-state index contributed by atoms with van der Waals surface area (Å²) in [5.74, 6) is 10.5. The number of nitrogens with one attached hydrogen (secondary N) is 1. The van der Waals surface area contributed by atoms with E-state index in [1.165, 1.54) is 12.1 Å². The molecular formula is C15H16BrFN4O2. The molecule has 0 saturated carbocycles. The number of carbonyl (C=O) groups excluding carboxylic acids is 1. The van der Waals surface area contributed by atoms with E-state index in [1.807, 2.05) is 18.4 Å². The normalized spacial score (nSPS) is 10.3. The molecule has 2 rings (SSSR count). The van der Waals surface area contributed by atoms with Gasteiger partial charge in [-0.25, -0.2) is 25.9 Å². The second-order valence-electron chi connectivity index (χ2n) is 4.76. The summed E-state index contributed by atoms with van der Waals surface area (Å²) in [4.78, 5) is 11.6. The van der Waals surface area contributed by atoms with Gasteiger partial charge in [-0.2, -0.15) is 0 Å². The minimum atomic E-state index is -0.675. The molecule has 122 valence electrons. The summed E-state index contributed by atoms with van der Waals surface area (Å²) in [7, 11) is 0. The van der Waals surface area contributed by atoms with Crippen LogP contribution in [0.3, 0.4) is 0 Å². The quantitative estimate of drug-likeness (QED) is 0.430. The van der Waals surface area contributed by atoms with Crippen molar-refractivity contribution in [3.8, 4) is 5.75 Å². The van der Waals surface area contributed by atoms with Gasteiger partial charge in [0.05, 0.1) is 5.69 Å². The van der Waals surface area contributed by atoms with E-state index in [0.717, 1.165) is 10.6 Å². The summed E-state index contributed by atoms with van der Waals surface area (Å²) in [5.41, 5.74) is 3.87. The van der Waals surface area contributed by atoms with Crippen LogP contribution in [0.5, 0.6) is 5.75 Å². The molecule has 0 aliphatic rings. The van der Waals surface area contributed by atoms with Gasteiger partial charge in [0, 0.05) is 10.0 Å². The van der Waals surface area contributed by atoms with Crippen LogP contribution in [0.15, 0.2) is 40.9 Å². The first-order chi connectivity index (χ1) is 10.9. The Morgan fingerprint density at radius 1 is 1.39 bits per heavy atom. The number of benzene rings is 2. The number of nitrogens with zero attached hydrogens (tertiary/aromatic N) is 1.